The van der Waals surface area contributed by atoms with E-state index in [1.807, 2.05) is 23.6 Å². The second kappa shape index (κ2) is 8.55. The number of para-hydroxylation sites is 1. The van der Waals surface area contributed by atoms with Crippen LogP contribution in [0.2, 0.25) is 5.02 Å². The molecule has 0 aliphatic carbocycles. The van der Waals surface area contributed by atoms with Crippen molar-refractivity contribution < 1.29 is 9.53 Å². The number of nitrogens with one attached hydrogen (secondary N) is 1. The Morgan fingerprint density at radius 1 is 1.32 bits per heavy atom. The molecular weight excluding hydrogens is 362 g/mol. The number of carbonyl (C=O) groups excluding carboxylic acids is 1. The first-order valence-electron chi connectivity index (χ1n) is 8.12. The fourth-order valence-corrected chi connectivity index (χ4v) is 3.52. The van der Waals surface area contributed by atoms with Crippen molar-refractivity contribution in [2.24, 2.45) is 0 Å². The highest BCUT2D eigenvalue weighted by molar-refractivity contribution is 7.99. The van der Waals surface area contributed by atoms with Crippen LogP contribution in [0.15, 0.2) is 29.4 Å². The molecule has 134 valence electrons. The number of halogens is 1. The molecule has 1 aliphatic heterocycles. The maximum atomic E-state index is 12.2. The smallest absolute Gasteiger partial charge is 0.234 e. The Morgan fingerprint density at radius 3 is 2.80 bits per heavy atom. The van der Waals surface area contributed by atoms with Crippen molar-refractivity contribution in [2.45, 2.75) is 18.6 Å². The van der Waals surface area contributed by atoms with E-state index in [0.29, 0.717) is 23.9 Å². The summed E-state index contributed by atoms with van der Waals surface area (Å²) < 4.78 is 7.41. The van der Waals surface area contributed by atoms with Crippen molar-refractivity contribution in [3.8, 4) is 0 Å². The molecule has 0 spiro atoms. The molecule has 0 bridgehead atoms. The number of amides is 1. The average Bonchev–Trinajstić information content (AvgIpc) is 3.05. The number of nitrogens with zero attached hydrogens (tertiary/aromatic N) is 4. The van der Waals surface area contributed by atoms with Gasteiger partial charge >= 0.3 is 0 Å². The number of hydrogen-bond donors (Lipinski definition) is 1. The zero-order valence-corrected chi connectivity index (χ0v) is 15.5. The summed E-state index contributed by atoms with van der Waals surface area (Å²) in [4.78, 5) is 14.3. The number of benzene rings is 1. The normalized spacial score (nSPS) is 14.6. The molecule has 1 N–H and O–H groups in total. The minimum Gasteiger partial charge on any atom is -0.378 e. The Bertz CT molecular complexity index is 733. The molecule has 0 unspecified atom stereocenters. The molecule has 1 aliphatic rings. The molecule has 9 heteroatoms. The summed E-state index contributed by atoms with van der Waals surface area (Å²) in [7, 11) is 0. The molecule has 25 heavy (non-hydrogen) atoms. The van der Waals surface area contributed by atoms with Crippen molar-refractivity contribution >= 4 is 40.9 Å². The average molecular weight is 382 g/mol. The van der Waals surface area contributed by atoms with Gasteiger partial charge in [0.2, 0.25) is 11.9 Å². The molecule has 0 radical (unpaired) electrons. The number of aromatic nitrogens is 3. The quantitative estimate of drug-likeness (QED) is 0.775. The van der Waals surface area contributed by atoms with E-state index in [2.05, 4.69) is 20.4 Å². The summed E-state index contributed by atoms with van der Waals surface area (Å²) in [5.74, 6) is 0.948. The Balaban J connectivity index is 1.62. The molecule has 3 rings (SSSR count). The van der Waals surface area contributed by atoms with Crippen LogP contribution in [0.1, 0.15) is 6.92 Å². The van der Waals surface area contributed by atoms with Gasteiger partial charge in [0, 0.05) is 19.6 Å². The zero-order valence-electron chi connectivity index (χ0n) is 13.9. The van der Waals surface area contributed by atoms with Crippen LogP contribution in [0, 0.1) is 0 Å². The number of morpholine rings is 1. The molecular formula is C16H20ClN5O2S. The Kier molecular flexibility index (Phi) is 6.17. The highest BCUT2D eigenvalue weighted by Gasteiger charge is 2.20. The second-order valence-electron chi connectivity index (χ2n) is 5.44. The van der Waals surface area contributed by atoms with Gasteiger partial charge in [-0.3, -0.25) is 9.36 Å². The van der Waals surface area contributed by atoms with Crippen molar-refractivity contribution in [2.75, 3.05) is 42.3 Å². The van der Waals surface area contributed by atoms with Crippen LogP contribution in [0.5, 0.6) is 0 Å². The highest BCUT2D eigenvalue weighted by atomic mass is 35.5. The first-order valence-corrected chi connectivity index (χ1v) is 9.48. The van der Waals surface area contributed by atoms with E-state index < -0.39 is 0 Å². The van der Waals surface area contributed by atoms with Gasteiger partial charge in [-0.15, -0.1) is 10.2 Å². The van der Waals surface area contributed by atoms with Crippen LogP contribution in [-0.4, -0.2) is 52.7 Å². The molecule has 2 heterocycles. The summed E-state index contributed by atoms with van der Waals surface area (Å²) in [6.45, 7) is 5.78. The van der Waals surface area contributed by atoms with Gasteiger partial charge in [-0.05, 0) is 19.1 Å². The van der Waals surface area contributed by atoms with Gasteiger partial charge in [0.15, 0.2) is 5.16 Å². The summed E-state index contributed by atoms with van der Waals surface area (Å²) in [6.07, 6.45) is 0. The molecule has 1 fully saturated rings. The van der Waals surface area contributed by atoms with Gasteiger partial charge in [0.05, 0.1) is 29.7 Å². The monoisotopic (exact) mass is 381 g/mol. The molecule has 7 nitrogen and oxygen atoms in total. The molecule has 1 saturated heterocycles. The van der Waals surface area contributed by atoms with E-state index in [4.69, 9.17) is 16.3 Å². The van der Waals surface area contributed by atoms with E-state index in [1.54, 1.807) is 12.1 Å². The molecule has 1 aromatic heterocycles. The Morgan fingerprint density at radius 2 is 2.08 bits per heavy atom. The summed E-state index contributed by atoms with van der Waals surface area (Å²) in [5.41, 5.74) is 0.612. The van der Waals surface area contributed by atoms with Gasteiger partial charge in [-0.2, -0.15) is 0 Å². The van der Waals surface area contributed by atoms with E-state index in [0.717, 1.165) is 30.7 Å². The predicted molar refractivity (Wildman–Crippen MR) is 99.5 cm³/mol. The van der Waals surface area contributed by atoms with Gasteiger partial charge < -0.3 is 15.0 Å². The van der Waals surface area contributed by atoms with Crippen LogP contribution in [0.3, 0.4) is 0 Å². The first kappa shape index (κ1) is 18.0. The van der Waals surface area contributed by atoms with Gasteiger partial charge in [0.25, 0.3) is 0 Å². The number of ether oxygens (including phenoxy) is 1. The van der Waals surface area contributed by atoms with Crippen LogP contribution in [-0.2, 0) is 16.1 Å². The standard InChI is InChI=1S/C16H20ClN5O2S/c1-2-22-15(21-7-9-24-10-8-21)19-20-16(22)25-11-14(23)18-13-6-4-3-5-12(13)17/h3-6H,2,7-11H2,1H3,(H,18,23). The third kappa shape index (κ3) is 4.45. The highest BCUT2D eigenvalue weighted by Crippen LogP contribution is 2.24. The first-order chi connectivity index (χ1) is 12.2. The zero-order chi connectivity index (χ0) is 17.6. The lowest BCUT2D eigenvalue weighted by Gasteiger charge is -2.27. The summed E-state index contributed by atoms with van der Waals surface area (Å²) in [5, 5.41) is 12.6. The lowest BCUT2D eigenvalue weighted by Crippen LogP contribution is -2.38. The number of rotatable bonds is 6. The van der Waals surface area contributed by atoms with E-state index >= 15 is 0 Å². The minimum absolute atomic E-state index is 0.128. The molecule has 2 aromatic rings. The topological polar surface area (TPSA) is 72.3 Å². The van der Waals surface area contributed by atoms with Crippen LogP contribution < -0.4 is 10.2 Å². The van der Waals surface area contributed by atoms with Crippen molar-refractivity contribution in [1.29, 1.82) is 0 Å². The van der Waals surface area contributed by atoms with Crippen LogP contribution >= 0.6 is 23.4 Å². The van der Waals surface area contributed by atoms with E-state index in [-0.39, 0.29) is 11.7 Å². The van der Waals surface area contributed by atoms with Crippen LogP contribution in [0.25, 0.3) is 0 Å². The largest absolute Gasteiger partial charge is 0.378 e. The van der Waals surface area contributed by atoms with Crippen molar-refractivity contribution in [1.82, 2.24) is 14.8 Å². The third-order valence-electron chi connectivity index (χ3n) is 3.79. The van der Waals surface area contributed by atoms with Crippen molar-refractivity contribution in [3.63, 3.8) is 0 Å². The SMILES string of the molecule is CCn1c(SCC(=O)Nc2ccccc2Cl)nnc1N1CCOCC1. The lowest BCUT2D eigenvalue weighted by atomic mass is 10.3. The number of thioether (sulfide) groups is 1. The Hall–Kier alpha value is -1.77. The van der Waals surface area contributed by atoms with Gasteiger partial charge in [0.1, 0.15) is 0 Å². The number of hydrogen-bond acceptors (Lipinski definition) is 6. The minimum atomic E-state index is -0.128. The van der Waals surface area contributed by atoms with Gasteiger partial charge in [-0.1, -0.05) is 35.5 Å². The molecule has 1 amide bonds. The maximum absolute atomic E-state index is 12.2. The molecule has 0 saturated carbocycles. The predicted octanol–water partition coefficient (Wildman–Crippen LogP) is 2.52. The van der Waals surface area contributed by atoms with Gasteiger partial charge in [-0.25, -0.2) is 0 Å². The molecule has 0 atom stereocenters. The molecule has 1 aromatic carbocycles. The van der Waals surface area contributed by atoms with Crippen LogP contribution in [0.4, 0.5) is 11.6 Å². The third-order valence-corrected chi connectivity index (χ3v) is 5.08. The lowest BCUT2D eigenvalue weighted by molar-refractivity contribution is -0.113. The summed E-state index contributed by atoms with van der Waals surface area (Å²) in [6, 6.07) is 7.17. The summed E-state index contributed by atoms with van der Waals surface area (Å²) >= 11 is 7.42. The number of anilines is 2. The maximum Gasteiger partial charge on any atom is 0.234 e. The van der Waals surface area contributed by atoms with E-state index in [9.17, 15) is 4.79 Å². The fraction of sp³-hybridized carbons (Fsp3) is 0.438. The van der Waals surface area contributed by atoms with Crippen molar-refractivity contribution in [3.05, 3.63) is 29.3 Å². The Labute approximate surface area is 155 Å². The second-order valence-corrected chi connectivity index (χ2v) is 6.79. The fourth-order valence-electron chi connectivity index (χ4n) is 2.54. The number of carbonyl (C=O) groups is 1. The van der Waals surface area contributed by atoms with E-state index in [1.165, 1.54) is 11.8 Å².